The molecule has 2 aromatic rings. The zero-order valence-electron chi connectivity index (χ0n) is 17.2. The third-order valence-corrected chi connectivity index (χ3v) is 5.95. The van der Waals surface area contributed by atoms with Gasteiger partial charge in [0, 0.05) is 12.6 Å². The summed E-state index contributed by atoms with van der Waals surface area (Å²) in [6.07, 6.45) is 4.15. The van der Waals surface area contributed by atoms with Crippen LogP contribution in [0.2, 0.25) is 0 Å². The fraction of sp³-hybridized carbons (Fsp3) is 0.375. The number of benzene rings is 2. The van der Waals surface area contributed by atoms with Gasteiger partial charge in [-0.25, -0.2) is 0 Å². The zero-order chi connectivity index (χ0) is 20.4. The third kappa shape index (κ3) is 3.57. The largest absolute Gasteiger partial charge is 0.497 e. The molecule has 2 heterocycles. The molecule has 0 bridgehead atoms. The van der Waals surface area contributed by atoms with Crippen molar-refractivity contribution in [2.45, 2.75) is 31.7 Å². The molecular weight excluding hydrogens is 366 g/mol. The van der Waals surface area contributed by atoms with Crippen LogP contribution in [0, 0.1) is 0 Å². The topological polar surface area (TPSA) is 48.0 Å². The minimum absolute atomic E-state index is 0.121. The number of piperidine rings is 1. The van der Waals surface area contributed by atoms with Gasteiger partial charge >= 0.3 is 0 Å². The average Bonchev–Trinajstić information content (AvgIpc) is 2.78. The van der Waals surface area contributed by atoms with E-state index in [2.05, 4.69) is 4.90 Å². The van der Waals surface area contributed by atoms with E-state index in [1.807, 2.05) is 42.5 Å². The van der Waals surface area contributed by atoms with E-state index in [1.54, 1.807) is 21.3 Å². The van der Waals surface area contributed by atoms with Crippen LogP contribution in [0.5, 0.6) is 17.2 Å². The molecule has 1 saturated heterocycles. The zero-order valence-corrected chi connectivity index (χ0v) is 17.2. The Bertz CT molecular complexity index is 932. The summed E-state index contributed by atoms with van der Waals surface area (Å²) in [7, 11) is 4.91. The predicted molar refractivity (Wildman–Crippen MR) is 113 cm³/mol. The standard InChI is InChI=1S/C24H27NO4/c1-27-19-10-7-16(8-11-19)23-20(15-18-6-4-5-13-25(18)24(23)26)17-9-12-21(28-2)22(14-17)29-3/h7-12,14,18H,4-6,13,15H2,1-3H3. The van der Waals surface area contributed by atoms with Gasteiger partial charge in [-0.15, -0.1) is 0 Å². The quantitative estimate of drug-likeness (QED) is 0.755. The number of nitrogens with zero attached hydrogens (tertiary/aromatic N) is 1. The fourth-order valence-corrected chi connectivity index (χ4v) is 4.43. The minimum atomic E-state index is 0.121. The van der Waals surface area contributed by atoms with Crippen LogP contribution in [0.15, 0.2) is 42.5 Å². The molecule has 1 amide bonds. The van der Waals surface area contributed by atoms with Crippen molar-refractivity contribution in [2.24, 2.45) is 0 Å². The van der Waals surface area contributed by atoms with Crippen molar-refractivity contribution in [3.05, 3.63) is 53.6 Å². The number of hydrogen-bond donors (Lipinski definition) is 0. The number of rotatable bonds is 5. The van der Waals surface area contributed by atoms with Crippen LogP contribution in [0.25, 0.3) is 11.1 Å². The van der Waals surface area contributed by atoms with Crippen LogP contribution in [-0.2, 0) is 4.79 Å². The second-order valence-corrected chi connectivity index (χ2v) is 7.50. The molecule has 1 fully saturated rings. The van der Waals surface area contributed by atoms with Gasteiger partial charge in [0.05, 0.1) is 26.9 Å². The molecule has 0 aliphatic carbocycles. The lowest BCUT2D eigenvalue weighted by molar-refractivity contribution is -0.128. The maximum atomic E-state index is 13.6. The van der Waals surface area contributed by atoms with Crippen molar-refractivity contribution in [2.75, 3.05) is 27.9 Å². The Kier molecular flexibility index (Phi) is 5.47. The highest BCUT2D eigenvalue weighted by Crippen LogP contribution is 2.42. The first-order valence-corrected chi connectivity index (χ1v) is 10.1. The Morgan fingerprint density at radius 3 is 2.28 bits per heavy atom. The number of fused-ring (bicyclic) bond motifs is 1. The Labute approximate surface area is 171 Å². The minimum Gasteiger partial charge on any atom is -0.497 e. The van der Waals surface area contributed by atoms with Gasteiger partial charge in [0.25, 0.3) is 5.91 Å². The molecule has 29 heavy (non-hydrogen) atoms. The van der Waals surface area contributed by atoms with E-state index in [1.165, 1.54) is 6.42 Å². The number of carbonyl (C=O) groups is 1. The molecule has 1 unspecified atom stereocenters. The van der Waals surface area contributed by atoms with Crippen LogP contribution in [0.4, 0.5) is 0 Å². The summed E-state index contributed by atoms with van der Waals surface area (Å²) in [4.78, 5) is 15.6. The number of amides is 1. The van der Waals surface area contributed by atoms with Gasteiger partial charge < -0.3 is 19.1 Å². The maximum absolute atomic E-state index is 13.6. The van der Waals surface area contributed by atoms with Gasteiger partial charge in [-0.1, -0.05) is 18.2 Å². The molecule has 2 aliphatic rings. The van der Waals surface area contributed by atoms with E-state index < -0.39 is 0 Å². The first-order valence-electron chi connectivity index (χ1n) is 10.1. The maximum Gasteiger partial charge on any atom is 0.255 e. The lowest BCUT2D eigenvalue weighted by atomic mass is 9.82. The highest BCUT2D eigenvalue weighted by Gasteiger charge is 2.36. The summed E-state index contributed by atoms with van der Waals surface area (Å²) >= 11 is 0. The second-order valence-electron chi connectivity index (χ2n) is 7.50. The Morgan fingerprint density at radius 1 is 0.862 bits per heavy atom. The second kappa shape index (κ2) is 8.19. The number of carbonyl (C=O) groups excluding carboxylic acids is 1. The van der Waals surface area contributed by atoms with E-state index in [0.29, 0.717) is 11.5 Å². The van der Waals surface area contributed by atoms with E-state index in [-0.39, 0.29) is 11.9 Å². The Hall–Kier alpha value is -2.95. The molecule has 5 nitrogen and oxygen atoms in total. The molecule has 152 valence electrons. The summed E-state index contributed by atoms with van der Waals surface area (Å²) in [5, 5.41) is 0. The third-order valence-electron chi connectivity index (χ3n) is 5.95. The molecule has 0 radical (unpaired) electrons. The SMILES string of the molecule is COc1ccc(C2=C(c3ccc(OC)c(OC)c3)CC3CCCCN3C2=O)cc1. The molecule has 2 aromatic carbocycles. The Balaban J connectivity index is 1.87. The van der Waals surface area contributed by atoms with Crippen LogP contribution in [-0.4, -0.2) is 44.7 Å². The summed E-state index contributed by atoms with van der Waals surface area (Å²) in [5.74, 6) is 2.26. The first kappa shape index (κ1) is 19.4. The summed E-state index contributed by atoms with van der Waals surface area (Å²) in [6, 6.07) is 13.9. The van der Waals surface area contributed by atoms with Gasteiger partial charge in [0.15, 0.2) is 11.5 Å². The molecule has 0 N–H and O–H groups in total. The van der Waals surface area contributed by atoms with E-state index in [4.69, 9.17) is 14.2 Å². The Morgan fingerprint density at radius 2 is 1.59 bits per heavy atom. The van der Waals surface area contributed by atoms with Gasteiger partial charge in [0.1, 0.15) is 5.75 Å². The van der Waals surface area contributed by atoms with Crippen LogP contribution >= 0.6 is 0 Å². The molecule has 0 saturated carbocycles. The van der Waals surface area contributed by atoms with Crippen LogP contribution in [0.1, 0.15) is 36.8 Å². The molecule has 0 aromatic heterocycles. The summed E-state index contributed by atoms with van der Waals surface area (Å²) < 4.78 is 16.2. The van der Waals surface area contributed by atoms with E-state index in [9.17, 15) is 4.79 Å². The van der Waals surface area contributed by atoms with Crippen molar-refractivity contribution in [3.63, 3.8) is 0 Å². The molecule has 2 aliphatic heterocycles. The smallest absolute Gasteiger partial charge is 0.255 e. The van der Waals surface area contributed by atoms with Crippen LogP contribution in [0.3, 0.4) is 0 Å². The van der Waals surface area contributed by atoms with E-state index >= 15 is 0 Å². The molecular formula is C24H27NO4. The number of methoxy groups -OCH3 is 3. The highest BCUT2D eigenvalue weighted by molar-refractivity contribution is 6.28. The monoisotopic (exact) mass is 393 g/mol. The molecule has 1 atom stereocenters. The fourth-order valence-electron chi connectivity index (χ4n) is 4.43. The van der Waals surface area contributed by atoms with Crippen LogP contribution < -0.4 is 14.2 Å². The number of hydrogen-bond acceptors (Lipinski definition) is 4. The van der Waals surface area contributed by atoms with Gasteiger partial charge in [-0.2, -0.15) is 0 Å². The summed E-state index contributed by atoms with van der Waals surface area (Å²) in [6.45, 7) is 0.836. The van der Waals surface area contributed by atoms with Gasteiger partial charge in [-0.3, -0.25) is 4.79 Å². The summed E-state index contributed by atoms with van der Waals surface area (Å²) in [5.41, 5.74) is 3.78. The van der Waals surface area contributed by atoms with Crippen molar-refractivity contribution in [3.8, 4) is 17.2 Å². The average molecular weight is 393 g/mol. The normalized spacial score (nSPS) is 19.1. The van der Waals surface area contributed by atoms with Gasteiger partial charge in [0.2, 0.25) is 0 Å². The lowest BCUT2D eigenvalue weighted by Crippen LogP contribution is -2.47. The van der Waals surface area contributed by atoms with Crippen molar-refractivity contribution in [1.29, 1.82) is 0 Å². The van der Waals surface area contributed by atoms with E-state index in [0.717, 1.165) is 53.8 Å². The molecule has 4 rings (SSSR count). The number of ether oxygens (including phenoxy) is 3. The van der Waals surface area contributed by atoms with Crippen molar-refractivity contribution < 1.29 is 19.0 Å². The van der Waals surface area contributed by atoms with Crippen molar-refractivity contribution in [1.82, 2.24) is 4.90 Å². The highest BCUT2D eigenvalue weighted by atomic mass is 16.5. The first-order chi connectivity index (χ1) is 14.2. The van der Waals surface area contributed by atoms with Gasteiger partial charge in [-0.05, 0) is 66.6 Å². The molecule has 5 heteroatoms. The molecule has 0 spiro atoms. The van der Waals surface area contributed by atoms with Crippen molar-refractivity contribution >= 4 is 17.1 Å². The predicted octanol–water partition coefficient (Wildman–Crippen LogP) is 4.41. The lowest BCUT2D eigenvalue weighted by Gasteiger charge is -2.41.